The zero-order chi connectivity index (χ0) is 14.7. The molecule has 20 heavy (non-hydrogen) atoms. The summed E-state index contributed by atoms with van der Waals surface area (Å²) in [7, 11) is 0. The molecule has 0 atom stereocenters. The number of hydrogen-bond donors (Lipinski definition) is 3. The molecule has 10 heteroatoms. The number of aromatic nitrogens is 5. The number of nitrogens with zero attached hydrogens (tertiary/aromatic N) is 5. The van der Waals surface area contributed by atoms with Crippen molar-refractivity contribution in [2.75, 3.05) is 5.43 Å². The molecule has 10 nitrogen and oxygen atoms in total. The molecule has 2 aromatic rings. The fraction of sp³-hybridized carbons (Fsp3) is 0.300. The minimum absolute atomic E-state index is 0.0917. The van der Waals surface area contributed by atoms with Crippen LogP contribution < -0.4 is 21.7 Å². The van der Waals surface area contributed by atoms with Crippen LogP contribution in [0.2, 0.25) is 0 Å². The first kappa shape index (κ1) is 13.7. The van der Waals surface area contributed by atoms with Crippen LogP contribution in [0.25, 0.3) is 5.95 Å². The van der Waals surface area contributed by atoms with Gasteiger partial charge in [-0.05, 0) is 13.8 Å². The van der Waals surface area contributed by atoms with Crippen molar-refractivity contribution in [3.8, 4) is 12.0 Å². The van der Waals surface area contributed by atoms with E-state index in [2.05, 4.69) is 25.5 Å². The number of carbonyl (C=O) groups excluding carboxylic acids is 1. The molecule has 0 aliphatic carbocycles. The summed E-state index contributed by atoms with van der Waals surface area (Å²) >= 11 is 0. The van der Waals surface area contributed by atoms with Gasteiger partial charge in [0.15, 0.2) is 0 Å². The molecule has 0 saturated heterocycles. The Hall–Kier alpha value is -2.75. The predicted octanol–water partition coefficient (Wildman–Crippen LogP) is -0.771. The highest BCUT2D eigenvalue weighted by atomic mass is 16.5. The summed E-state index contributed by atoms with van der Waals surface area (Å²) in [5.41, 5.74) is 7.70. The lowest BCUT2D eigenvalue weighted by Crippen LogP contribution is -2.16. The Morgan fingerprint density at radius 2 is 2.15 bits per heavy atom. The average molecular weight is 278 g/mol. The molecule has 0 fully saturated rings. The lowest BCUT2D eigenvalue weighted by atomic mass is 10.4. The van der Waals surface area contributed by atoms with E-state index in [9.17, 15) is 4.79 Å². The Bertz CT molecular complexity index is 623. The van der Waals surface area contributed by atoms with E-state index in [-0.39, 0.29) is 29.6 Å². The van der Waals surface area contributed by atoms with Gasteiger partial charge in [-0.15, -0.1) is 0 Å². The van der Waals surface area contributed by atoms with Crippen LogP contribution in [0.15, 0.2) is 12.4 Å². The van der Waals surface area contributed by atoms with E-state index in [1.54, 1.807) is 0 Å². The van der Waals surface area contributed by atoms with Crippen LogP contribution in [0.3, 0.4) is 0 Å². The molecule has 5 N–H and O–H groups in total. The number of nitrogens with one attached hydrogen (secondary N) is 1. The van der Waals surface area contributed by atoms with Gasteiger partial charge in [-0.2, -0.15) is 20.1 Å². The smallest absolute Gasteiger partial charge is 0.323 e. The van der Waals surface area contributed by atoms with Gasteiger partial charge in [0.1, 0.15) is 0 Å². The highest BCUT2D eigenvalue weighted by Crippen LogP contribution is 2.12. The standard InChI is InChI=1S/C10H14N8O2/c1-5(2)20-10-15-8(17-12)14-9(16-10)18-4-6(3-13-18)7(11)19/h3-5H,12H2,1-2H3,(H2,11,19)(H,14,15,16,17). The summed E-state index contributed by atoms with van der Waals surface area (Å²) < 4.78 is 6.66. The number of ether oxygens (including phenoxy) is 1. The maximum Gasteiger partial charge on any atom is 0.323 e. The lowest BCUT2D eigenvalue weighted by molar-refractivity contribution is 0.100. The molecule has 0 aromatic carbocycles. The van der Waals surface area contributed by atoms with E-state index < -0.39 is 5.91 Å². The molecule has 2 heterocycles. The first-order valence-electron chi connectivity index (χ1n) is 5.73. The van der Waals surface area contributed by atoms with E-state index >= 15 is 0 Å². The first-order chi connectivity index (χ1) is 9.49. The first-order valence-corrected chi connectivity index (χ1v) is 5.73. The number of amides is 1. The monoisotopic (exact) mass is 278 g/mol. The lowest BCUT2D eigenvalue weighted by Gasteiger charge is -2.09. The number of rotatable bonds is 5. The van der Waals surface area contributed by atoms with Gasteiger partial charge in [0.2, 0.25) is 5.95 Å². The normalized spacial score (nSPS) is 10.6. The van der Waals surface area contributed by atoms with Crippen molar-refractivity contribution in [1.29, 1.82) is 0 Å². The number of nitrogens with two attached hydrogens (primary N) is 2. The van der Waals surface area contributed by atoms with Crippen molar-refractivity contribution in [3.63, 3.8) is 0 Å². The van der Waals surface area contributed by atoms with Crippen molar-refractivity contribution in [3.05, 3.63) is 18.0 Å². The highest BCUT2D eigenvalue weighted by molar-refractivity contribution is 5.92. The van der Waals surface area contributed by atoms with Gasteiger partial charge in [0.05, 0.1) is 17.9 Å². The molecule has 0 bridgehead atoms. The Morgan fingerprint density at radius 3 is 2.70 bits per heavy atom. The SMILES string of the molecule is CC(C)Oc1nc(NN)nc(-n2cc(C(N)=O)cn2)n1. The minimum Gasteiger partial charge on any atom is -0.461 e. The van der Waals surface area contributed by atoms with Crippen LogP contribution in [0.1, 0.15) is 24.2 Å². The predicted molar refractivity (Wildman–Crippen MR) is 69.0 cm³/mol. The topological polar surface area (TPSA) is 147 Å². The summed E-state index contributed by atoms with van der Waals surface area (Å²) in [5, 5.41) is 3.94. The van der Waals surface area contributed by atoms with E-state index in [0.29, 0.717) is 0 Å². The summed E-state index contributed by atoms with van der Waals surface area (Å²) in [6, 6.07) is 0.0917. The van der Waals surface area contributed by atoms with Crippen LogP contribution in [-0.2, 0) is 0 Å². The van der Waals surface area contributed by atoms with Crippen LogP contribution in [0.5, 0.6) is 6.01 Å². The molecule has 0 aliphatic heterocycles. The van der Waals surface area contributed by atoms with Gasteiger partial charge in [-0.3, -0.25) is 10.2 Å². The number of hydrazine groups is 1. The molecule has 106 valence electrons. The summed E-state index contributed by atoms with van der Waals surface area (Å²) in [6.45, 7) is 3.66. The number of nitrogen functional groups attached to an aromatic ring is 1. The Kier molecular flexibility index (Phi) is 3.75. The maximum atomic E-state index is 11.0. The number of primary amides is 1. The molecule has 0 unspecified atom stereocenters. The summed E-state index contributed by atoms with van der Waals surface area (Å²) in [5.74, 6) is 4.95. The Morgan fingerprint density at radius 1 is 1.40 bits per heavy atom. The second-order valence-electron chi connectivity index (χ2n) is 4.09. The third-order valence-electron chi connectivity index (χ3n) is 2.15. The molecular weight excluding hydrogens is 264 g/mol. The number of anilines is 1. The van der Waals surface area contributed by atoms with Crippen LogP contribution in [-0.4, -0.2) is 36.7 Å². The summed E-state index contributed by atoms with van der Waals surface area (Å²) in [6.07, 6.45) is 2.59. The molecule has 0 radical (unpaired) electrons. The fourth-order valence-corrected chi connectivity index (χ4v) is 1.34. The maximum absolute atomic E-state index is 11.0. The second kappa shape index (κ2) is 5.48. The van der Waals surface area contributed by atoms with Crippen LogP contribution >= 0.6 is 0 Å². The number of carbonyl (C=O) groups is 1. The minimum atomic E-state index is -0.596. The summed E-state index contributed by atoms with van der Waals surface area (Å²) in [4.78, 5) is 23.1. The highest BCUT2D eigenvalue weighted by Gasteiger charge is 2.12. The molecule has 1 amide bonds. The zero-order valence-electron chi connectivity index (χ0n) is 10.9. The van der Waals surface area contributed by atoms with Crippen molar-refractivity contribution in [1.82, 2.24) is 24.7 Å². The van der Waals surface area contributed by atoms with Gasteiger partial charge in [0, 0.05) is 6.20 Å². The second-order valence-corrected chi connectivity index (χ2v) is 4.09. The fourth-order valence-electron chi connectivity index (χ4n) is 1.34. The molecular formula is C10H14N8O2. The van der Waals surface area contributed by atoms with E-state index in [0.717, 1.165) is 0 Å². The van der Waals surface area contributed by atoms with Gasteiger partial charge in [-0.1, -0.05) is 0 Å². The van der Waals surface area contributed by atoms with Crippen LogP contribution in [0, 0.1) is 0 Å². The molecule has 2 aromatic heterocycles. The Labute approximate surface area is 114 Å². The third-order valence-corrected chi connectivity index (χ3v) is 2.15. The largest absolute Gasteiger partial charge is 0.461 e. The molecule has 0 saturated carbocycles. The van der Waals surface area contributed by atoms with E-state index in [4.69, 9.17) is 16.3 Å². The van der Waals surface area contributed by atoms with Crippen molar-refractivity contribution < 1.29 is 9.53 Å². The van der Waals surface area contributed by atoms with Crippen molar-refractivity contribution >= 4 is 11.9 Å². The molecule has 0 spiro atoms. The van der Waals surface area contributed by atoms with Crippen molar-refractivity contribution in [2.24, 2.45) is 11.6 Å². The average Bonchev–Trinajstić information content (AvgIpc) is 2.87. The number of hydrogen-bond acceptors (Lipinski definition) is 8. The molecule has 2 rings (SSSR count). The van der Waals surface area contributed by atoms with Gasteiger partial charge >= 0.3 is 6.01 Å². The van der Waals surface area contributed by atoms with E-state index in [1.807, 2.05) is 13.8 Å². The van der Waals surface area contributed by atoms with Crippen molar-refractivity contribution in [2.45, 2.75) is 20.0 Å². The quantitative estimate of drug-likeness (QED) is 0.477. The van der Waals surface area contributed by atoms with Gasteiger partial charge in [0.25, 0.3) is 11.9 Å². The third kappa shape index (κ3) is 2.98. The zero-order valence-corrected chi connectivity index (χ0v) is 10.9. The van der Waals surface area contributed by atoms with E-state index in [1.165, 1.54) is 17.1 Å². The van der Waals surface area contributed by atoms with Gasteiger partial charge in [-0.25, -0.2) is 10.5 Å². The molecule has 0 aliphatic rings. The Balaban J connectivity index is 2.40. The van der Waals surface area contributed by atoms with Gasteiger partial charge < -0.3 is 10.5 Å². The van der Waals surface area contributed by atoms with Crippen LogP contribution in [0.4, 0.5) is 5.95 Å².